The van der Waals surface area contributed by atoms with Crippen LogP contribution in [0.1, 0.15) is 16.9 Å². The number of fused-ring (bicyclic) bond motifs is 1. The van der Waals surface area contributed by atoms with Gasteiger partial charge in [0.25, 0.3) is 5.91 Å². The molecule has 1 aliphatic heterocycles. The van der Waals surface area contributed by atoms with Gasteiger partial charge in [0, 0.05) is 23.6 Å². The van der Waals surface area contributed by atoms with Gasteiger partial charge in [0.1, 0.15) is 17.3 Å². The van der Waals surface area contributed by atoms with Crippen LogP contribution in [0.2, 0.25) is 0 Å². The van der Waals surface area contributed by atoms with Gasteiger partial charge in [-0.2, -0.15) is 0 Å². The van der Waals surface area contributed by atoms with Crippen LogP contribution < -0.4 is 4.74 Å². The van der Waals surface area contributed by atoms with Crippen molar-refractivity contribution in [3.05, 3.63) is 125 Å². The molecule has 1 fully saturated rings. The summed E-state index contributed by atoms with van der Waals surface area (Å²) in [6.45, 7) is 0.857. The van der Waals surface area contributed by atoms with Crippen LogP contribution >= 0.6 is 11.8 Å². The van der Waals surface area contributed by atoms with E-state index in [1.54, 1.807) is 36.5 Å². The predicted octanol–water partition coefficient (Wildman–Crippen LogP) is 7.23. The first-order valence-corrected chi connectivity index (χ1v) is 13.2. The van der Waals surface area contributed by atoms with Crippen LogP contribution in [0.4, 0.5) is 10.1 Å². The molecule has 0 aliphatic carbocycles. The SMILES string of the molecule is COc1ccc(N=C2S/C(=C/c3ccc4c(ccn4Cc4cccc(F)c4)c3)C(=O)N2Cc2ccco2)cc1. The fourth-order valence-corrected chi connectivity index (χ4v) is 5.48. The van der Waals surface area contributed by atoms with Gasteiger partial charge in [0.2, 0.25) is 0 Å². The Hall–Kier alpha value is -4.56. The van der Waals surface area contributed by atoms with Crippen molar-refractivity contribution in [2.24, 2.45) is 4.99 Å². The number of ether oxygens (including phenoxy) is 1. The average Bonchev–Trinajstić information content (AvgIpc) is 3.67. The van der Waals surface area contributed by atoms with Crippen molar-refractivity contribution >= 4 is 45.5 Å². The zero-order valence-corrected chi connectivity index (χ0v) is 21.9. The van der Waals surface area contributed by atoms with Crippen LogP contribution in [0.5, 0.6) is 5.75 Å². The fraction of sp³-hybridized carbons (Fsp3) is 0.0968. The standard InChI is InChI=1S/C31H24FN3O3S/c1-37-26-10-8-25(9-11-26)33-31-35(20-27-6-3-15-38-27)30(36)29(39-31)18-21-7-12-28-23(16-21)13-14-34(28)19-22-4-2-5-24(32)17-22/h2-18H,19-20H2,1H3/b29-18+,33-31?. The molecule has 1 aliphatic rings. The molecule has 0 saturated carbocycles. The second-order valence-corrected chi connectivity index (χ2v) is 10.1. The molecule has 1 amide bonds. The van der Waals surface area contributed by atoms with Gasteiger partial charge in [0.05, 0.1) is 30.5 Å². The molecule has 2 aromatic heterocycles. The minimum atomic E-state index is -0.243. The molecular weight excluding hydrogens is 513 g/mol. The summed E-state index contributed by atoms with van der Waals surface area (Å²) in [5.74, 6) is 1.04. The molecule has 194 valence electrons. The number of amidine groups is 1. The first-order chi connectivity index (χ1) is 19.1. The first kappa shape index (κ1) is 24.8. The van der Waals surface area contributed by atoms with E-state index in [0.717, 1.165) is 33.5 Å². The van der Waals surface area contributed by atoms with Gasteiger partial charge < -0.3 is 13.7 Å². The predicted molar refractivity (Wildman–Crippen MR) is 152 cm³/mol. The van der Waals surface area contributed by atoms with E-state index in [9.17, 15) is 9.18 Å². The van der Waals surface area contributed by atoms with Crippen molar-refractivity contribution in [2.45, 2.75) is 13.1 Å². The lowest BCUT2D eigenvalue weighted by atomic mass is 10.1. The number of hydrogen-bond acceptors (Lipinski definition) is 5. The van der Waals surface area contributed by atoms with Crippen molar-refractivity contribution in [3.63, 3.8) is 0 Å². The van der Waals surface area contributed by atoms with Gasteiger partial charge >= 0.3 is 0 Å². The zero-order chi connectivity index (χ0) is 26.8. The molecule has 39 heavy (non-hydrogen) atoms. The fourth-order valence-electron chi connectivity index (χ4n) is 4.49. The van der Waals surface area contributed by atoms with Gasteiger partial charge in [0.15, 0.2) is 5.17 Å². The number of furan rings is 1. The number of rotatable bonds is 7. The molecular formula is C31H24FN3O3S. The Balaban J connectivity index is 1.29. The van der Waals surface area contributed by atoms with E-state index in [4.69, 9.17) is 14.1 Å². The molecule has 3 aromatic carbocycles. The average molecular weight is 538 g/mol. The number of benzene rings is 3. The lowest BCUT2D eigenvalue weighted by Crippen LogP contribution is -2.28. The van der Waals surface area contributed by atoms with Crippen molar-refractivity contribution in [2.75, 3.05) is 7.11 Å². The number of aliphatic imine (C=N–C) groups is 1. The van der Waals surface area contributed by atoms with Crippen LogP contribution in [0.25, 0.3) is 17.0 Å². The highest BCUT2D eigenvalue weighted by molar-refractivity contribution is 8.18. The number of nitrogens with zero attached hydrogens (tertiary/aromatic N) is 3. The quantitative estimate of drug-likeness (QED) is 0.206. The van der Waals surface area contributed by atoms with E-state index in [0.29, 0.717) is 22.4 Å². The molecule has 0 unspecified atom stereocenters. The molecule has 0 bridgehead atoms. The summed E-state index contributed by atoms with van der Waals surface area (Å²) in [5.41, 5.74) is 3.56. The van der Waals surface area contributed by atoms with Crippen LogP contribution in [0.15, 0.2) is 112 Å². The number of carbonyl (C=O) groups is 1. The first-order valence-electron chi connectivity index (χ1n) is 12.4. The largest absolute Gasteiger partial charge is 0.497 e. The number of hydrogen-bond donors (Lipinski definition) is 0. The molecule has 0 spiro atoms. The van der Waals surface area contributed by atoms with Crippen molar-refractivity contribution < 1.29 is 18.3 Å². The normalized spacial score (nSPS) is 15.6. The van der Waals surface area contributed by atoms with E-state index in [2.05, 4.69) is 4.57 Å². The molecule has 6 rings (SSSR count). The van der Waals surface area contributed by atoms with E-state index in [-0.39, 0.29) is 18.3 Å². The lowest BCUT2D eigenvalue weighted by molar-refractivity contribution is -0.122. The van der Waals surface area contributed by atoms with Gasteiger partial charge in [-0.25, -0.2) is 9.38 Å². The third kappa shape index (κ3) is 5.37. The topological polar surface area (TPSA) is 60.0 Å². The number of methoxy groups -OCH3 is 1. The highest BCUT2D eigenvalue weighted by Crippen LogP contribution is 2.36. The molecule has 6 nitrogen and oxygen atoms in total. The molecule has 0 radical (unpaired) electrons. The van der Waals surface area contributed by atoms with E-state index in [1.165, 1.54) is 17.8 Å². The monoisotopic (exact) mass is 537 g/mol. The van der Waals surface area contributed by atoms with Crippen molar-refractivity contribution in [3.8, 4) is 5.75 Å². The maximum atomic E-state index is 13.6. The number of carbonyl (C=O) groups excluding carboxylic acids is 1. The summed E-state index contributed by atoms with van der Waals surface area (Å²) in [6, 6.07) is 25.7. The number of thioether (sulfide) groups is 1. The summed E-state index contributed by atoms with van der Waals surface area (Å²) in [4.78, 5) is 20.5. The summed E-state index contributed by atoms with van der Waals surface area (Å²) < 4.78 is 26.5. The summed E-state index contributed by atoms with van der Waals surface area (Å²) in [7, 11) is 1.62. The van der Waals surface area contributed by atoms with E-state index >= 15 is 0 Å². The second-order valence-electron chi connectivity index (χ2n) is 9.07. The Bertz CT molecular complexity index is 1710. The van der Waals surface area contributed by atoms with Crippen molar-refractivity contribution in [1.29, 1.82) is 0 Å². The maximum absolute atomic E-state index is 13.6. The highest BCUT2D eigenvalue weighted by atomic mass is 32.2. The Morgan fingerprint density at radius 2 is 1.87 bits per heavy atom. The Labute approximate surface area is 229 Å². The third-order valence-corrected chi connectivity index (χ3v) is 7.42. The molecule has 8 heteroatoms. The zero-order valence-electron chi connectivity index (χ0n) is 21.1. The molecule has 0 atom stereocenters. The number of amides is 1. The maximum Gasteiger partial charge on any atom is 0.267 e. The minimum absolute atomic E-state index is 0.132. The van der Waals surface area contributed by atoms with Crippen LogP contribution in [-0.4, -0.2) is 27.7 Å². The van der Waals surface area contributed by atoms with E-state index < -0.39 is 0 Å². The highest BCUT2D eigenvalue weighted by Gasteiger charge is 2.34. The number of aromatic nitrogens is 1. The summed E-state index contributed by atoms with van der Waals surface area (Å²) in [6.07, 6.45) is 5.48. The van der Waals surface area contributed by atoms with E-state index in [1.807, 2.05) is 72.9 Å². The Kier molecular flexibility index (Phi) is 6.77. The smallest absolute Gasteiger partial charge is 0.267 e. The number of halogens is 1. The molecule has 3 heterocycles. The summed E-state index contributed by atoms with van der Waals surface area (Å²) in [5, 5.41) is 1.62. The van der Waals surface area contributed by atoms with Gasteiger partial charge in [-0.1, -0.05) is 18.2 Å². The molecule has 5 aromatic rings. The molecule has 0 N–H and O–H groups in total. The summed E-state index contributed by atoms with van der Waals surface area (Å²) >= 11 is 1.34. The van der Waals surface area contributed by atoms with Gasteiger partial charge in [-0.05, 0) is 95.7 Å². The minimum Gasteiger partial charge on any atom is -0.497 e. The lowest BCUT2D eigenvalue weighted by Gasteiger charge is -2.13. The van der Waals surface area contributed by atoms with Crippen LogP contribution in [-0.2, 0) is 17.9 Å². The van der Waals surface area contributed by atoms with Gasteiger partial charge in [-0.15, -0.1) is 0 Å². The second kappa shape index (κ2) is 10.7. The van der Waals surface area contributed by atoms with Crippen LogP contribution in [0, 0.1) is 5.82 Å². The van der Waals surface area contributed by atoms with Crippen LogP contribution in [0.3, 0.4) is 0 Å². The molecule has 1 saturated heterocycles. The van der Waals surface area contributed by atoms with Crippen molar-refractivity contribution in [1.82, 2.24) is 9.47 Å². The Morgan fingerprint density at radius 1 is 1.00 bits per heavy atom. The Morgan fingerprint density at radius 3 is 2.64 bits per heavy atom. The third-order valence-electron chi connectivity index (χ3n) is 6.41. The van der Waals surface area contributed by atoms with Gasteiger partial charge in [-0.3, -0.25) is 9.69 Å².